The van der Waals surface area contributed by atoms with Gasteiger partial charge in [0.15, 0.2) is 0 Å². The molecule has 0 spiro atoms. The van der Waals surface area contributed by atoms with Gasteiger partial charge in [0.2, 0.25) is 0 Å². The van der Waals surface area contributed by atoms with E-state index in [1.807, 2.05) is 31.2 Å². The molecule has 2 aromatic rings. The Bertz CT molecular complexity index is 632. The average Bonchev–Trinajstić information content (AvgIpc) is 2.50. The molecule has 1 N–H and O–H groups in total. The van der Waals surface area contributed by atoms with Gasteiger partial charge in [-0.15, -0.1) is 6.58 Å². The van der Waals surface area contributed by atoms with Crippen LogP contribution in [0.2, 0.25) is 0 Å². The molecule has 0 aliphatic heterocycles. The number of non-ortho nitro benzene ring substituents is 1. The van der Waals surface area contributed by atoms with Crippen LogP contribution in [0.25, 0.3) is 0 Å². The van der Waals surface area contributed by atoms with Gasteiger partial charge in [0.1, 0.15) is 0 Å². The lowest BCUT2D eigenvalue weighted by molar-refractivity contribution is -0.384. The molecule has 0 bridgehead atoms. The Kier molecular flexibility index (Phi) is 4.50. The highest BCUT2D eigenvalue weighted by atomic mass is 16.6. The predicted octanol–water partition coefficient (Wildman–Crippen LogP) is 3.91. The lowest BCUT2D eigenvalue weighted by atomic mass is 9.89. The fraction of sp³-hybridized carbons (Fsp3) is 0.176. The summed E-state index contributed by atoms with van der Waals surface area (Å²) in [5.74, 6) is -0.257. The van der Waals surface area contributed by atoms with E-state index in [2.05, 4.69) is 6.58 Å². The van der Waals surface area contributed by atoms with E-state index in [1.54, 1.807) is 18.2 Å². The van der Waals surface area contributed by atoms with E-state index < -0.39 is 11.0 Å². The van der Waals surface area contributed by atoms with Crippen LogP contribution in [0.1, 0.15) is 28.7 Å². The monoisotopic (exact) mass is 283 g/mol. The van der Waals surface area contributed by atoms with Crippen LogP contribution < -0.4 is 0 Å². The molecule has 4 nitrogen and oxygen atoms in total. The maximum atomic E-state index is 10.7. The first-order valence-electron chi connectivity index (χ1n) is 6.64. The molecule has 21 heavy (non-hydrogen) atoms. The molecule has 4 heteroatoms. The highest BCUT2D eigenvalue weighted by Gasteiger charge is 2.20. The third-order valence-electron chi connectivity index (χ3n) is 3.50. The third-order valence-corrected chi connectivity index (χ3v) is 3.50. The number of hydrogen-bond donors (Lipinski definition) is 1. The number of hydrogen-bond acceptors (Lipinski definition) is 3. The van der Waals surface area contributed by atoms with Crippen molar-refractivity contribution in [1.29, 1.82) is 0 Å². The van der Waals surface area contributed by atoms with E-state index in [4.69, 9.17) is 0 Å². The average molecular weight is 283 g/mol. The molecule has 0 unspecified atom stereocenters. The molecule has 2 aromatic carbocycles. The fourth-order valence-electron chi connectivity index (χ4n) is 2.24. The molecular weight excluding hydrogens is 266 g/mol. The normalized spacial score (nSPS) is 13.4. The predicted molar refractivity (Wildman–Crippen MR) is 82.2 cm³/mol. The minimum atomic E-state index is -0.786. The maximum absolute atomic E-state index is 10.7. The van der Waals surface area contributed by atoms with Gasteiger partial charge in [-0.3, -0.25) is 10.1 Å². The van der Waals surface area contributed by atoms with Crippen LogP contribution in [0.15, 0.2) is 61.2 Å². The maximum Gasteiger partial charge on any atom is 0.269 e. The zero-order chi connectivity index (χ0) is 15.4. The SMILES string of the molecule is C=C[C@H](c1ccc(C)cc1)[C@H](O)c1ccc([N+](=O)[O-])cc1. The quantitative estimate of drug-likeness (QED) is 0.514. The Labute approximate surface area is 123 Å². The number of aryl methyl sites for hydroxylation is 1. The molecular formula is C17H17NO3. The summed E-state index contributed by atoms with van der Waals surface area (Å²) in [7, 11) is 0. The lowest BCUT2D eigenvalue weighted by Crippen LogP contribution is -2.08. The van der Waals surface area contributed by atoms with Gasteiger partial charge in [-0.05, 0) is 30.2 Å². The first kappa shape index (κ1) is 14.9. The van der Waals surface area contributed by atoms with E-state index in [9.17, 15) is 15.2 Å². The summed E-state index contributed by atoms with van der Waals surface area (Å²) in [5.41, 5.74) is 2.75. The molecule has 0 fully saturated rings. The van der Waals surface area contributed by atoms with Gasteiger partial charge in [-0.1, -0.05) is 35.9 Å². The molecule has 108 valence electrons. The lowest BCUT2D eigenvalue weighted by Gasteiger charge is -2.20. The van der Waals surface area contributed by atoms with Crippen molar-refractivity contribution in [2.45, 2.75) is 18.9 Å². The number of nitro benzene ring substituents is 1. The zero-order valence-electron chi connectivity index (χ0n) is 11.8. The number of aliphatic hydroxyl groups excluding tert-OH is 1. The topological polar surface area (TPSA) is 63.4 Å². The summed E-state index contributed by atoms with van der Waals surface area (Å²) < 4.78 is 0. The minimum absolute atomic E-state index is 0.0106. The molecule has 0 aliphatic rings. The highest BCUT2D eigenvalue weighted by molar-refractivity contribution is 5.37. The van der Waals surface area contributed by atoms with Crippen LogP contribution in [0.5, 0.6) is 0 Å². The van der Waals surface area contributed by atoms with Crippen LogP contribution in [0.4, 0.5) is 5.69 Å². The zero-order valence-corrected chi connectivity index (χ0v) is 11.8. The number of nitro groups is 1. The van der Waals surface area contributed by atoms with Gasteiger partial charge in [-0.25, -0.2) is 0 Å². The summed E-state index contributed by atoms with van der Waals surface area (Å²) in [6.07, 6.45) is 0.905. The Morgan fingerprint density at radius 1 is 1.10 bits per heavy atom. The smallest absolute Gasteiger partial charge is 0.269 e. The Morgan fingerprint density at radius 2 is 1.62 bits per heavy atom. The second-order valence-electron chi connectivity index (χ2n) is 4.97. The van der Waals surface area contributed by atoms with Crippen molar-refractivity contribution in [2.75, 3.05) is 0 Å². The standard InChI is InChI=1S/C17H17NO3/c1-3-16(13-6-4-12(2)5-7-13)17(19)14-8-10-15(11-9-14)18(20)21/h3-11,16-17,19H,1H2,2H3/t16-,17-/m1/s1. The van der Waals surface area contributed by atoms with E-state index in [0.717, 1.165) is 11.1 Å². The summed E-state index contributed by atoms with van der Waals surface area (Å²) in [6, 6.07) is 13.8. The minimum Gasteiger partial charge on any atom is -0.387 e. The summed E-state index contributed by atoms with van der Waals surface area (Å²) >= 11 is 0. The Balaban J connectivity index is 2.27. The molecule has 0 heterocycles. The second-order valence-corrected chi connectivity index (χ2v) is 4.97. The molecule has 0 saturated heterocycles. The molecule has 2 atom stereocenters. The van der Waals surface area contributed by atoms with Gasteiger partial charge >= 0.3 is 0 Å². The van der Waals surface area contributed by atoms with Crippen molar-refractivity contribution in [2.24, 2.45) is 0 Å². The first-order chi connectivity index (χ1) is 10.0. The molecule has 0 aliphatic carbocycles. The van der Waals surface area contributed by atoms with E-state index in [0.29, 0.717) is 5.56 Å². The third kappa shape index (κ3) is 3.35. The van der Waals surface area contributed by atoms with Crippen LogP contribution >= 0.6 is 0 Å². The van der Waals surface area contributed by atoms with Gasteiger partial charge in [0, 0.05) is 18.1 Å². The summed E-state index contributed by atoms with van der Waals surface area (Å²) in [5, 5.41) is 21.1. The van der Waals surface area contributed by atoms with Crippen molar-refractivity contribution in [1.82, 2.24) is 0 Å². The second kappa shape index (κ2) is 6.33. The number of aliphatic hydroxyl groups is 1. The van der Waals surface area contributed by atoms with Crippen LogP contribution in [-0.2, 0) is 0 Å². The van der Waals surface area contributed by atoms with Gasteiger partial charge in [0.05, 0.1) is 11.0 Å². The van der Waals surface area contributed by atoms with Gasteiger partial charge in [-0.2, -0.15) is 0 Å². The van der Waals surface area contributed by atoms with Crippen molar-refractivity contribution >= 4 is 5.69 Å². The van der Waals surface area contributed by atoms with Crippen molar-refractivity contribution < 1.29 is 10.0 Å². The molecule has 0 aromatic heterocycles. The summed E-state index contributed by atoms with van der Waals surface area (Å²) in [6.45, 7) is 5.78. The largest absolute Gasteiger partial charge is 0.387 e. The van der Waals surface area contributed by atoms with Crippen molar-refractivity contribution in [3.63, 3.8) is 0 Å². The highest BCUT2D eigenvalue weighted by Crippen LogP contribution is 2.32. The van der Waals surface area contributed by atoms with Crippen molar-refractivity contribution in [3.05, 3.63) is 88.0 Å². The van der Waals surface area contributed by atoms with E-state index >= 15 is 0 Å². The number of benzene rings is 2. The fourth-order valence-corrected chi connectivity index (χ4v) is 2.24. The number of rotatable bonds is 5. The molecule has 0 saturated carbocycles. The molecule has 0 radical (unpaired) electrons. The van der Waals surface area contributed by atoms with Gasteiger partial charge in [0.25, 0.3) is 5.69 Å². The first-order valence-corrected chi connectivity index (χ1v) is 6.64. The molecule has 0 amide bonds. The summed E-state index contributed by atoms with van der Waals surface area (Å²) in [4.78, 5) is 10.2. The Hall–Kier alpha value is -2.46. The van der Waals surface area contributed by atoms with Crippen molar-refractivity contribution in [3.8, 4) is 0 Å². The van der Waals surface area contributed by atoms with Crippen LogP contribution in [0.3, 0.4) is 0 Å². The Morgan fingerprint density at radius 3 is 2.10 bits per heavy atom. The van der Waals surface area contributed by atoms with E-state index in [1.165, 1.54) is 12.1 Å². The van der Waals surface area contributed by atoms with Gasteiger partial charge < -0.3 is 5.11 Å². The number of nitrogens with zero attached hydrogens (tertiary/aromatic N) is 1. The van der Waals surface area contributed by atoms with Crippen LogP contribution in [-0.4, -0.2) is 10.0 Å². The van der Waals surface area contributed by atoms with Crippen LogP contribution in [0, 0.1) is 17.0 Å². The molecule has 2 rings (SSSR count). The van der Waals surface area contributed by atoms with E-state index in [-0.39, 0.29) is 11.6 Å².